The number of aryl methyl sites for hydroxylation is 2. The fourth-order valence-electron chi connectivity index (χ4n) is 1.47. The molecule has 0 saturated heterocycles. The molecule has 5 nitrogen and oxygen atoms in total. The van der Waals surface area contributed by atoms with Crippen LogP contribution in [0.1, 0.15) is 18.1 Å². The molecule has 0 aliphatic rings. The van der Waals surface area contributed by atoms with Crippen LogP contribution in [-0.4, -0.2) is 30.8 Å². The van der Waals surface area contributed by atoms with Gasteiger partial charge in [0.2, 0.25) is 0 Å². The minimum Gasteiger partial charge on any atom is -0.509 e. The van der Waals surface area contributed by atoms with Gasteiger partial charge in [0.1, 0.15) is 5.75 Å². The lowest BCUT2D eigenvalue weighted by Crippen LogP contribution is -2.21. The van der Waals surface area contributed by atoms with Crippen molar-refractivity contribution in [1.29, 1.82) is 0 Å². The van der Waals surface area contributed by atoms with Crippen LogP contribution in [0, 0.1) is 13.8 Å². The number of hydrogen-bond acceptors (Lipinski definition) is 5. The second-order valence-corrected chi connectivity index (χ2v) is 3.61. The van der Waals surface area contributed by atoms with Crippen LogP contribution >= 0.6 is 0 Å². The molecule has 1 aromatic carbocycles. The summed E-state index contributed by atoms with van der Waals surface area (Å²) >= 11 is 0. The van der Waals surface area contributed by atoms with Crippen LogP contribution in [0.2, 0.25) is 0 Å². The van der Waals surface area contributed by atoms with Crippen LogP contribution in [0.5, 0.6) is 11.5 Å². The summed E-state index contributed by atoms with van der Waals surface area (Å²) in [6.07, 6.45) is 0. The first-order valence-electron chi connectivity index (χ1n) is 5.39. The second kappa shape index (κ2) is 6.49. The molecule has 17 heavy (non-hydrogen) atoms. The molecule has 0 radical (unpaired) electrons. The van der Waals surface area contributed by atoms with Gasteiger partial charge in [0.15, 0.2) is 12.5 Å². The molecule has 0 heterocycles. The molecule has 1 aromatic rings. The quantitative estimate of drug-likeness (QED) is 0.441. The molecule has 0 aliphatic carbocycles. The van der Waals surface area contributed by atoms with Gasteiger partial charge in [-0.2, -0.15) is 0 Å². The second-order valence-electron chi connectivity index (χ2n) is 3.61. The highest BCUT2D eigenvalue weighted by molar-refractivity contribution is 6.33. The molecule has 0 amide bonds. The van der Waals surface area contributed by atoms with Crippen molar-refractivity contribution in [1.82, 2.24) is 0 Å². The molecule has 0 fully saturated rings. The number of ether oxygens (including phenoxy) is 2. The molecule has 0 spiro atoms. The number of benzene rings is 1. The fourth-order valence-corrected chi connectivity index (χ4v) is 1.47. The van der Waals surface area contributed by atoms with E-state index in [1.54, 1.807) is 13.0 Å². The molecule has 2 N–H and O–H groups in total. The van der Waals surface area contributed by atoms with Crippen LogP contribution in [0.15, 0.2) is 12.1 Å². The lowest BCUT2D eigenvalue weighted by Gasteiger charge is -2.15. The normalized spacial score (nSPS) is 10.2. The third-order valence-corrected chi connectivity index (χ3v) is 2.11. The SMILES string of the molecule is CCOCOc1cc(C)cc(C)c1OB(O)O. The van der Waals surface area contributed by atoms with Gasteiger partial charge >= 0.3 is 7.32 Å². The van der Waals surface area contributed by atoms with Gasteiger partial charge in [0.25, 0.3) is 0 Å². The molecule has 0 atom stereocenters. The van der Waals surface area contributed by atoms with Crippen LogP contribution in [0.4, 0.5) is 0 Å². The lowest BCUT2D eigenvalue weighted by atomic mass is 10.1. The number of rotatable bonds is 6. The van der Waals surface area contributed by atoms with E-state index in [9.17, 15) is 0 Å². The van der Waals surface area contributed by atoms with Crippen molar-refractivity contribution < 1.29 is 24.2 Å². The van der Waals surface area contributed by atoms with E-state index in [1.165, 1.54) is 0 Å². The van der Waals surface area contributed by atoms with Crippen LogP contribution in [-0.2, 0) is 4.74 Å². The maximum atomic E-state index is 8.84. The summed E-state index contributed by atoms with van der Waals surface area (Å²) in [5, 5.41) is 17.7. The maximum Gasteiger partial charge on any atom is 0.707 e. The van der Waals surface area contributed by atoms with Crippen molar-refractivity contribution in [3.05, 3.63) is 23.3 Å². The van der Waals surface area contributed by atoms with Crippen LogP contribution in [0.25, 0.3) is 0 Å². The molecule has 94 valence electrons. The summed E-state index contributed by atoms with van der Waals surface area (Å²) in [5.74, 6) is 0.745. The van der Waals surface area contributed by atoms with Gasteiger partial charge in [-0.15, -0.1) is 0 Å². The van der Waals surface area contributed by atoms with E-state index in [-0.39, 0.29) is 6.79 Å². The molecule has 0 unspecified atom stereocenters. The van der Waals surface area contributed by atoms with Crippen molar-refractivity contribution in [2.45, 2.75) is 20.8 Å². The van der Waals surface area contributed by atoms with E-state index in [0.29, 0.717) is 18.1 Å². The Morgan fingerprint density at radius 3 is 2.53 bits per heavy atom. The Hall–Kier alpha value is -1.24. The summed E-state index contributed by atoms with van der Waals surface area (Å²) in [4.78, 5) is 0. The van der Waals surface area contributed by atoms with E-state index >= 15 is 0 Å². The van der Waals surface area contributed by atoms with E-state index in [0.717, 1.165) is 11.1 Å². The predicted molar refractivity (Wildman–Crippen MR) is 63.9 cm³/mol. The summed E-state index contributed by atoms with van der Waals surface area (Å²) in [7, 11) is -1.87. The van der Waals surface area contributed by atoms with Crippen molar-refractivity contribution in [3.8, 4) is 11.5 Å². The fraction of sp³-hybridized carbons (Fsp3) is 0.455. The van der Waals surface area contributed by atoms with Crippen LogP contribution < -0.4 is 9.39 Å². The zero-order valence-electron chi connectivity index (χ0n) is 10.3. The highest BCUT2D eigenvalue weighted by atomic mass is 16.7. The summed E-state index contributed by atoms with van der Waals surface area (Å²) in [5.41, 5.74) is 1.76. The van der Waals surface area contributed by atoms with Crippen molar-refractivity contribution >= 4 is 7.32 Å². The van der Waals surface area contributed by atoms with Gasteiger partial charge in [-0.25, -0.2) is 0 Å². The highest BCUT2D eigenvalue weighted by Crippen LogP contribution is 2.32. The molecule has 0 aliphatic heterocycles. The first kappa shape index (κ1) is 13.8. The molecule has 0 bridgehead atoms. The Bertz CT molecular complexity index is 367. The molecule has 6 heteroatoms. The first-order valence-corrected chi connectivity index (χ1v) is 5.39. The highest BCUT2D eigenvalue weighted by Gasteiger charge is 2.17. The van der Waals surface area contributed by atoms with E-state index in [4.69, 9.17) is 24.2 Å². The number of hydrogen-bond donors (Lipinski definition) is 2. The molecule has 1 rings (SSSR count). The molecule has 0 saturated carbocycles. The average molecular weight is 240 g/mol. The Morgan fingerprint density at radius 1 is 1.24 bits per heavy atom. The zero-order chi connectivity index (χ0) is 12.8. The smallest absolute Gasteiger partial charge is 0.509 e. The topological polar surface area (TPSA) is 68.2 Å². The third kappa shape index (κ3) is 4.26. The minimum atomic E-state index is -1.87. The average Bonchev–Trinajstić information content (AvgIpc) is 2.23. The van der Waals surface area contributed by atoms with E-state index < -0.39 is 7.32 Å². The van der Waals surface area contributed by atoms with Gasteiger partial charge in [0, 0.05) is 6.61 Å². The first-order chi connectivity index (χ1) is 8.04. The summed E-state index contributed by atoms with van der Waals surface area (Å²) < 4.78 is 15.3. The predicted octanol–water partition coefficient (Wildman–Crippen LogP) is 1.02. The van der Waals surface area contributed by atoms with E-state index in [1.807, 2.05) is 19.9 Å². The molecular weight excluding hydrogens is 223 g/mol. The Morgan fingerprint density at radius 2 is 1.94 bits per heavy atom. The van der Waals surface area contributed by atoms with Crippen molar-refractivity contribution in [3.63, 3.8) is 0 Å². The Labute approximate surface area is 101 Å². The standard InChI is InChI=1S/C11H17BO5/c1-4-15-7-16-10-6-8(2)5-9(3)11(10)17-12(13)14/h5-6,13-14H,4,7H2,1-3H3. The monoisotopic (exact) mass is 240 g/mol. The molecule has 0 aromatic heterocycles. The maximum absolute atomic E-state index is 8.84. The van der Waals surface area contributed by atoms with Gasteiger partial charge < -0.3 is 24.2 Å². The van der Waals surface area contributed by atoms with Gasteiger partial charge in [0.05, 0.1) is 0 Å². The Kier molecular flexibility index (Phi) is 5.28. The lowest BCUT2D eigenvalue weighted by molar-refractivity contribution is 0.0210. The van der Waals surface area contributed by atoms with Gasteiger partial charge in [-0.3, -0.25) is 0 Å². The van der Waals surface area contributed by atoms with Gasteiger partial charge in [-0.1, -0.05) is 6.07 Å². The van der Waals surface area contributed by atoms with Crippen molar-refractivity contribution in [2.75, 3.05) is 13.4 Å². The van der Waals surface area contributed by atoms with E-state index in [2.05, 4.69) is 0 Å². The summed E-state index contributed by atoms with van der Waals surface area (Å²) in [6, 6.07) is 3.62. The zero-order valence-corrected chi connectivity index (χ0v) is 10.3. The van der Waals surface area contributed by atoms with Gasteiger partial charge in [-0.05, 0) is 38.0 Å². The third-order valence-electron chi connectivity index (χ3n) is 2.11. The largest absolute Gasteiger partial charge is 0.707 e. The van der Waals surface area contributed by atoms with Crippen LogP contribution in [0.3, 0.4) is 0 Å². The Balaban J connectivity index is 2.90. The summed E-state index contributed by atoms with van der Waals surface area (Å²) in [6.45, 7) is 6.22. The minimum absolute atomic E-state index is 0.0945. The molecular formula is C11H17BO5. The van der Waals surface area contributed by atoms with Crippen molar-refractivity contribution in [2.24, 2.45) is 0 Å².